The number of anilines is 1. The van der Waals surface area contributed by atoms with Crippen molar-refractivity contribution >= 4 is 23.4 Å². The summed E-state index contributed by atoms with van der Waals surface area (Å²) in [5.74, 6) is 0.408. The predicted octanol–water partition coefficient (Wildman–Crippen LogP) is 3.30. The van der Waals surface area contributed by atoms with Crippen LogP contribution >= 0.6 is 0 Å². The molecule has 0 radical (unpaired) electrons. The van der Waals surface area contributed by atoms with Crippen LogP contribution in [-0.4, -0.2) is 80.6 Å². The number of carbonyl (C=O) groups excluding carboxylic acids is 3. The summed E-state index contributed by atoms with van der Waals surface area (Å²) in [6, 6.07) is 11.5. The van der Waals surface area contributed by atoms with Crippen LogP contribution in [0.2, 0.25) is 0 Å². The van der Waals surface area contributed by atoms with Gasteiger partial charge < -0.3 is 29.3 Å². The van der Waals surface area contributed by atoms with Crippen molar-refractivity contribution in [1.82, 2.24) is 9.80 Å². The van der Waals surface area contributed by atoms with Crippen LogP contribution in [0, 0.1) is 5.92 Å². The van der Waals surface area contributed by atoms with E-state index in [1.807, 2.05) is 13.8 Å². The summed E-state index contributed by atoms with van der Waals surface area (Å²) >= 11 is 0. The number of hydrogen-bond acceptors (Lipinski definition) is 6. The summed E-state index contributed by atoms with van der Waals surface area (Å²) in [5.41, 5.74) is 1.23. The Hall–Kier alpha value is -3.59. The number of hydrogen-bond donors (Lipinski definition) is 1. The Morgan fingerprint density at radius 2 is 1.75 bits per heavy atom. The molecule has 0 saturated carbocycles. The highest BCUT2D eigenvalue weighted by molar-refractivity contribution is 6.05. The van der Waals surface area contributed by atoms with E-state index in [9.17, 15) is 14.4 Å². The standard InChI is InChI=1S/C27H35N3O6/c1-17-14-30(19(3)31)18(2)16-36-24-12-9-21(13-23(24)27(33)29(4)15-25(17)35-6)28-26(32)20-7-10-22(34-5)11-8-20/h7-13,17-18,25H,14-16H2,1-6H3,(H,28,32)/t17-,18+,25+/m1/s1. The molecule has 3 amide bonds. The first kappa shape index (κ1) is 27.0. The molecule has 0 spiro atoms. The Morgan fingerprint density at radius 1 is 1.06 bits per heavy atom. The van der Waals surface area contributed by atoms with Crippen molar-refractivity contribution in [2.45, 2.75) is 32.9 Å². The van der Waals surface area contributed by atoms with Crippen LogP contribution < -0.4 is 14.8 Å². The summed E-state index contributed by atoms with van der Waals surface area (Å²) in [6.07, 6.45) is -0.269. The number of amides is 3. The molecule has 1 aliphatic rings. The maximum absolute atomic E-state index is 13.5. The van der Waals surface area contributed by atoms with Crippen molar-refractivity contribution < 1.29 is 28.6 Å². The zero-order valence-electron chi connectivity index (χ0n) is 21.7. The predicted molar refractivity (Wildman–Crippen MR) is 137 cm³/mol. The maximum Gasteiger partial charge on any atom is 0.257 e. The zero-order chi connectivity index (χ0) is 26.4. The number of likely N-dealkylation sites (N-methyl/N-ethyl adjacent to an activating group) is 1. The number of nitrogens with zero attached hydrogens (tertiary/aromatic N) is 2. The minimum absolute atomic E-state index is 0.00869. The summed E-state index contributed by atoms with van der Waals surface area (Å²) < 4.78 is 16.9. The lowest BCUT2D eigenvalue weighted by atomic mass is 10.0. The van der Waals surface area contributed by atoms with E-state index in [4.69, 9.17) is 14.2 Å². The van der Waals surface area contributed by atoms with Gasteiger partial charge in [-0.1, -0.05) is 6.92 Å². The fourth-order valence-electron chi connectivity index (χ4n) is 4.24. The first-order valence-electron chi connectivity index (χ1n) is 11.9. The topological polar surface area (TPSA) is 97.4 Å². The number of methoxy groups -OCH3 is 2. The summed E-state index contributed by atoms with van der Waals surface area (Å²) in [6.45, 7) is 6.49. The van der Waals surface area contributed by atoms with Gasteiger partial charge in [-0.2, -0.15) is 0 Å². The number of fused-ring (bicyclic) bond motifs is 1. The second kappa shape index (κ2) is 11.9. The molecular weight excluding hydrogens is 462 g/mol. The van der Waals surface area contributed by atoms with Gasteiger partial charge in [0.2, 0.25) is 5.91 Å². The number of nitrogens with one attached hydrogen (secondary N) is 1. The second-order valence-electron chi connectivity index (χ2n) is 9.16. The van der Waals surface area contributed by atoms with Gasteiger partial charge in [0.05, 0.1) is 24.8 Å². The van der Waals surface area contributed by atoms with Crippen LogP contribution in [0.1, 0.15) is 41.5 Å². The lowest BCUT2D eigenvalue weighted by molar-refractivity contribution is -0.133. The average Bonchev–Trinajstić information content (AvgIpc) is 2.87. The normalized spacial score (nSPS) is 20.9. The molecule has 3 atom stereocenters. The summed E-state index contributed by atoms with van der Waals surface area (Å²) in [5, 5.41) is 2.84. The minimum atomic E-state index is -0.313. The average molecular weight is 498 g/mol. The molecule has 3 rings (SSSR count). The molecule has 9 heteroatoms. The first-order valence-corrected chi connectivity index (χ1v) is 11.9. The minimum Gasteiger partial charge on any atom is -0.497 e. The van der Waals surface area contributed by atoms with E-state index in [1.165, 1.54) is 6.92 Å². The first-order chi connectivity index (χ1) is 17.1. The molecule has 0 aliphatic carbocycles. The molecule has 1 aliphatic heterocycles. The van der Waals surface area contributed by atoms with Crippen molar-refractivity contribution in [2.75, 3.05) is 46.3 Å². The second-order valence-corrected chi connectivity index (χ2v) is 9.16. The molecule has 0 saturated heterocycles. The van der Waals surface area contributed by atoms with Crippen molar-refractivity contribution in [1.29, 1.82) is 0 Å². The molecule has 194 valence electrons. The van der Waals surface area contributed by atoms with Crippen LogP contribution in [0.25, 0.3) is 0 Å². The van der Waals surface area contributed by atoms with Gasteiger partial charge in [-0.3, -0.25) is 14.4 Å². The SMILES string of the molecule is COc1ccc(C(=O)Nc2ccc3c(c2)C(=O)N(C)C[C@H](OC)[C@H](C)CN(C(C)=O)[C@@H](C)CO3)cc1. The molecule has 2 aromatic rings. The van der Waals surface area contributed by atoms with E-state index in [1.54, 1.807) is 73.5 Å². The third-order valence-corrected chi connectivity index (χ3v) is 6.46. The van der Waals surface area contributed by atoms with Crippen molar-refractivity contribution in [3.63, 3.8) is 0 Å². The van der Waals surface area contributed by atoms with Crippen LogP contribution in [-0.2, 0) is 9.53 Å². The number of rotatable bonds is 4. The smallest absolute Gasteiger partial charge is 0.257 e. The fourth-order valence-corrected chi connectivity index (χ4v) is 4.24. The maximum atomic E-state index is 13.5. The molecule has 0 aromatic heterocycles. The lowest BCUT2D eigenvalue weighted by Crippen LogP contribution is -2.48. The van der Waals surface area contributed by atoms with E-state index in [0.717, 1.165) is 0 Å². The largest absolute Gasteiger partial charge is 0.497 e. The Kier molecular flexibility index (Phi) is 8.93. The molecule has 9 nitrogen and oxygen atoms in total. The van der Waals surface area contributed by atoms with Crippen molar-refractivity contribution in [3.8, 4) is 11.5 Å². The highest BCUT2D eigenvalue weighted by Crippen LogP contribution is 2.27. The molecule has 0 unspecified atom stereocenters. The van der Waals surface area contributed by atoms with Gasteiger partial charge >= 0.3 is 0 Å². The highest BCUT2D eigenvalue weighted by Gasteiger charge is 2.29. The van der Waals surface area contributed by atoms with Gasteiger partial charge in [-0.05, 0) is 49.4 Å². The van der Waals surface area contributed by atoms with Gasteiger partial charge in [0.15, 0.2) is 0 Å². The number of ether oxygens (including phenoxy) is 3. The van der Waals surface area contributed by atoms with Gasteiger partial charge in [-0.15, -0.1) is 0 Å². The van der Waals surface area contributed by atoms with Crippen LogP contribution in [0.15, 0.2) is 42.5 Å². The van der Waals surface area contributed by atoms with Crippen molar-refractivity contribution in [2.24, 2.45) is 5.92 Å². The van der Waals surface area contributed by atoms with E-state index < -0.39 is 0 Å². The Morgan fingerprint density at radius 3 is 2.36 bits per heavy atom. The third kappa shape index (κ3) is 6.34. The van der Waals surface area contributed by atoms with Crippen molar-refractivity contribution in [3.05, 3.63) is 53.6 Å². The highest BCUT2D eigenvalue weighted by atomic mass is 16.5. The zero-order valence-corrected chi connectivity index (χ0v) is 21.7. The van der Waals surface area contributed by atoms with Gasteiger partial charge in [0.25, 0.3) is 11.8 Å². The monoisotopic (exact) mass is 497 g/mol. The lowest BCUT2D eigenvalue weighted by Gasteiger charge is -2.35. The van der Waals surface area contributed by atoms with Crippen LogP contribution in [0.5, 0.6) is 11.5 Å². The molecule has 1 heterocycles. The molecular formula is C27H35N3O6. The van der Waals surface area contributed by atoms with Gasteiger partial charge in [0.1, 0.15) is 18.1 Å². The molecule has 0 bridgehead atoms. The van der Waals surface area contributed by atoms with Gasteiger partial charge in [-0.25, -0.2) is 0 Å². The number of benzene rings is 2. The Balaban J connectivity index is 1.92. The Bertz CT molecular complexity index is 1090. The van der Waals surface area contributed by atoms with Crippen LogP contribution in [0.3, 0.4) is 0 Å². The van der Waals surface area contributed by atoms with E-state index in [2.05, 4.69) is 5.32 Å². The summed E-state index contributed by atoms with van der Waals surface area (Å²) in [4.78, 5) is 41.9. The molecule has 2 aromatic carbocycles. The Labute approximate surface area is 212 Å². The van der Waals surface area contributed by atoms with E-state index in [-0.39, 0.29) is 42.4 Å². The fraction of sp³-hybridized carbons (Fsp3) is 0.444. The third-order valence-electron chi connectivity index (χ3n) is 6.46. The van der Waals surface area contributed by atoms with Gasteiger partial charge in [0, 0.05) is 51.3 Å². The van der Waals surface area contributed by atoms with E-state index >= 15 is 0 Å². The molecule has 36 heavy (non-hydrogen) atoms. The number of carbonyl (C=O) groups is 3. The molecule has 1 N–H and O–H groups in total. The quantitative estimate of drug-likeness (QED) is 0.696. The molecule has 0 fully saturated rings. The summed E-state index contributed by atoms with van der Waals surface area (Å²) in [7, 11) is 4.87. The van der Waals surface area contributed by atoms with E-state index in [0.29, 0.717) is 41.4 Å². The van der Waals surface area contributed by atoms with Crippen LogP contribution in [0.4, 0.5) is 5.69 Å².